The highest BCUT2D eigenvalue weighted by Gasteiger charge is 2.44. The number of rotatable bonds is 4. The number of nitrogens with one attached hydrogen (secondary N) is 1. The number of nitro groups is 1. The Morgan fingerprint density at radius 3 is 2.58 bits per heavy atom. The number of ether oxygens (including phenoxy) is 1. The Morgan fingerprint density at radius 1 is 1.21 bits per heavy atom. The van der Waals surface area contributed by atoms with Crippen molar-refractivity contribution >= 4 is 22.4 Å². The summed E-state index contributed by atoms with van der Waals surface area (Å²) in [6.45, 7) is -0.586. The van der Waals surface area contributed by atoms with Gasteiger partial charge >= 0.3 is 5.69 Å². The summed E-state index contributed by atoms with van der Waals surface area (Å²) in [6, 6.07) is 1.28. The molecule has 3 rings (SSSR count). The third kappa shape index (κ3) is 2.65. The van der Waals surface area contributed by atoms with Gasteiger partial charge in [0.05, 0.1) is 17.2 Å². The lowest BCUT2D eigenvalue weighted by atomic mass is 9.96. The van der Waals surface area contributed by atoms with E-state index in [0.717, 1.165) is 6.07 Å². The molecule has 0 saturated carbocycles. The largest absolute Gasteiger partial charge is 0.394 e. The highest BCUT2D eigenvalue weighted by atomic mass is 16.6. The van der Waals surface area contributed by atoms with E-state index in [9.17, 15) is 25.4 Å². The zero-order valence-electron chi connectivity index (χ0n) is 12.0. The van der Waals surface area contributed by atoms with Gasteiger partial charge < -0.3 is 30.5 Å². The number of nitrogens with zero attached hydrogens (tertiary/aromatic N) is 3. The van der Waals surface area contributed by atoms with Crippen LogP contribution in [0.15, 0.2) is 16.8 Å². The van der Waals surface area contributed by atoms with Gasteiger partial charge in [-0.1, -0.05) is 0 Å². The first kappa shape index (κ1) is 16.5. The molecule has 130 valence electrons. The maximum Gasteiger partial charge on any atom is 0.300 e. The van der Waals surface area contributed by atoms with Gasteiger partial charge in [-0.2, -0.15) is 0 Å². The van der Waals surface area contributed by atoms with Gasteiger partial charge in [0.15, 0.2) is 11.8 Å². The van der Waals surface area contributed by atoms with Crippen LogP contribution in [0.1, 0.15) is 0 Å². The fourth-order valence-corrected chi connectivity index (χ4v) is 2.55. The van der Waals surface area contributed by atoms with Crippen molar-refractivity contribution in [3.8, 4) is 0 Å². The van der Waals surface area contributed by atoms with E-state index in [1.54, 1.807) is 0 Å². The van der Waals surface area contributed by atoms with Crippen molar-refractivity contribution in [1.29, 1.82) is 0 Å². The van der Waals surface area contributed by atoms with Gasteiger partial charge in [0, 0.05) is 6.07 Å². The third-order valence-electron chi connectivity index (χ3n) is 3.81. The summed E-state index contributed by atoms with van der Waals surface area (Å²) in [5, 5.41) is 59.7. The number of anilines is 1. The summed E-state index contributed by atoms with van der Waals surface area (Å²) in [5.74, 6) is 0. The molecule has 0 bridgehead atoms. The molecule has 2 heterocycles. The van der Waals surface area contributed by atoms with Crippen LogP contribution in [0.2, 0.25) is 0 Å². The van der Waals surface area contributed by atoms with Crippen molar-refractivity contribution in [1.82, 2.24) is 10.3 Å². The van der Waals surface area contributed by atoms with Crippen LogP contribution in [0, 0.1) is 10.1 Å². The second-order valence-electron chi connectivity index (χ2n) is 5.25. The Hall–Kier alpha value is -2.38. The number of non-ortho nitro benzene ring substituents is 1. The summed E-state index contributed by atoms with van der Waals surface area (Å²) in [7, 11) is 0. The van der Waals surface area contributed by atoms with Gasteiger partial charge in [-0.3, -0.25) is 10.1 Å². The average molecular weight is 342 g/mol. The van der Waals surface area contributed by atoms with Gasteiger partial charge in [0.25, 0.3) is 0 Å². The van der Waals surface area contributed by atoms with Crippen molar-refractivity contribution < 1.29 is 34.7 Å². The predicted molar refractivity (Wildman–Crippen MR) is 75.8 cm³/mol. The molecule has 5 N–H and O–H groups in total. The molecule has 5 atom stereocenters. The molecule has 24 heavy (non-hydrogen) atoms. The number of hydrogen-bond acceptors (Lipinski definition) is 11. The SMILES string of the molecule is O=[N+]([O-])c1ccc(NC2C(O)OC(CO)[C@@H](O)[C@H]2O)c2nonc12. The van der Waals surface area contributed by atoms with Gasteiger partial charge in [-0.15, -0.1) is 0 Å². The summed E-state index contributed by atoms with van der Waals surface area (Å²) in [5.41, 5.74) is -0.238. The van der Waals surface area contributed by atoms with Crippen molar-refractivity contribution in [3.05, 3.63) is 22.2 Å². The maximum absolute atomic E-state index is 10.9. The lowest BCUT2D eigenvalue weighted by Gasteiger charge is -2.40. The summed E-state index contributed by atoms with van der Waals surface area (Å²) >= 11 is 0. The Balaban J connectivity index is 1.91. The molecule has 2 aromatic rings. The first-order valence-electron chi connectivity index (χ1n) is 6.90. The standard InChI is InChI=1S/C12H14N4O8/c17-3-6-10(18)11(19)9(12(20)23-6)13-4-1-2-5(16(21)22)8-7(4)14-24-15-8/h1-2,6,9-13,17-20H,3H2/t6?,9?,10-,11+,12?/m1/s1. The van der Waals surface area contributed by atoms with Crippen molar-refractivity contribution in [2.45, 2.75) is 30.6 Å². The van der Waals surface area contributed by atoms with E-state index in [0.29, 0.717) is 0 Å². The molecule has 3 unspecified atom stereocenters. The molecule has 0 aliphatic carbocycles. The van der Waals surface area contributed by atoms with E-state index in [2.05, 4.69) is 20.3 Å². The number of aliphatic hydroxyl groups excluding tert-OH is 4. The van der Waals surface area contributed by atoms with Crippen LogP contribution in [0.25, 0.3) is 11.0 Å². The van der Waals surface area contributed by atoms with Crippen LogP contribution in [-0.2, 0) is 4.74 Å². The molecule has 0 radical (unpaired) electrons. The second kappa shape index (κ2) is 6.26. The predicted octanol–water partition coefficient (Wildman–Crippen LogP) is -1.66. The minimum absolute atomic E-state index is 0.0161. The van der Waals surface area contributed by atoms with Crippen LogP contribution in [0.5, 0.6) is 0 Å². The van der Waals surface area contributed by atoms with Gasteiger partial charge in [-0.25, -0.2) is 4.63 Å². The molecular weight excluding hydrogens is 328 g/mol. The molecule has 1 aromatic carbocycles. The highest BCUT2D eigenvalue weighted by Crippen LogP contribution is 2.31. The normalized spacial score (nSPS) is 30.4. The van der Waals surface area contributed by atoms with Crippen molar-refractivity contribution in [3.63, 3.8) is 0 Å². The van der Waals surface area contributed by atoms with Crippen LogP contribution in [0.3, 0.4) is 0 Å². The van der Waals surface area contributed by atoms with Crippen LogP contribution in [-0.4, -0.2) is 72.9 Å². The smallest absolute Gasteiger partial charge is 0.300 e. The van der Waals surface area contributed by atoms with E-state index in [4.69, 9.17) is 9.84 Å². The lowest BCUT2D eigenvalue weighted by molar-refractivity contribution is -0.383. The third-order valence-corrected chi connectivity index (χ3v) is 3.81. The van der Waals surface area contributed by atoms with Crippen LogP contribution < -0.4 is 5.32 Å². The molecule has 1 saturated heterocycles. The van der Waals surface area contributed by atoms with E-state index in [1.165, 1.54) is 6.07 Å². The number of hydrogen-bond donors (Lipinski definition) is 5. The number of nitro benzene ring substituents is 1. The fraction of sp³-hybridized carbons (Fsp3) is 0.500. The van der Waals surface area contributed by atoms with Crippen molar-refractivity contribution in [2.75, 3.05) is 11.9 Å². The molecule has 1 aromatic heterocycles. The first-order chi connectivity index (χ1) is 11.4. The average Bonchev–Trinajstić information content (AvgIpc) is 3.04. The molecule has 12 heteroatoms. The van der Waals surface area contributed by atoms with E-state index < -0.39 is 42.2 Å². The molecule has 0 spiro atoms. The number of aromatic nitrogens is 2. The molecule has 1 aliphatic rings. The van der Waals surface area contributed by atoms with E-state index >= 15 is 0 Å². The summed E-state index contributed by atoms with van der Waals surface area (Å²) in [6.07, 6.45) is -5.61. The molecule has 0 amide bonds. The van der Waals surface area contributed by atoms with Gasteiger partial charge in [-0.05, 0) is 16.4 Å². The number of fused-ring (bicyclic) bond motifs is 1. The Kier molecular flexibility index (Phi) is 4.29. The molecule has 12 nitrogen and oxygen atoms in total. The first-order valence-corrected chi connectivity index (χ1v) is 6.90. The maximum atomic E-state index is 10.9. The van der Waals surface area contributed by atoms with Gasteiger partial charge in [0.1, 0.15) is 24.4 Å². The monoisotopic (exact) mass is 342 g/mol. The van der Waals surface area contributed by atoms with E-state index in [1.807, 2.05) is 0 Å². The second-order valence-corrected chi connectivity index (χ2v) is 5.25. The number of benzene rings is 1. The molecule has 1 aliphatic heterocycles. The molecule has 1 fully saturated rings. The quantitative estimate of drug-likeness (QED) is 0.316. The Morgan fingerprint density at radius 2 is 1.92 bits per heavy atom. The zero-order chi connectivity index (χ0) is 17.4. The van der Waals surface area contributed by atoms with Crippen LogP contribution in [0.4, 0.5) is 11.4 Å². The topological polar surface area (TPSA) is 184 Å². The minimum atomic E-state index is -1.55. The zero-order valence-corrected chi connectivity index (χ0v) is 12.0. The molecular formula is C12H14N4O8. The van der Waals surface area contributed by atoms with Crippen LogP contribution >= 0.6 is 0 Å². The van der Waals surface area contributed by atoms with Crippen molar-refractivity contribution in [2.24, 2.45) is 0 Å². The lowest BCUT2D eigenvalue weighted by Crippen LogP contribution is -2.61. The summed E-state index contributed by atoms with van der Waals surface area (Å²) < 4.78 is 9.54. The number of aliphatic hydroxyl groups is 4. The fourth-order valence-electron chi connectivity index (χ4n) is 2.55. The highest BCUT2D eigenvalue weighted by molar-refractivity contribution is 5.93. The Labute approximate surface area is 133 Å². The van der Waals surface area contributed by atoms with Gasteiger partial charge in [0.2, 0.25) is 5.52 Å². The summed E-state index contributed by atoms with van der Waals surface area (Å²) in [4.78, 5) is 10.3. The Bertz CT molecular complexity index is 752. The van der Waals surface area contributed by atoms with E-state index in [-0.39, 0.29) is 22.4 Å². The minimum Gasteiger partial charge on any atom is -0.394 e.